The van der Waals surface area contributed by atoms with Gasteiger partial charge in [-0.3, -0.25) is 0 Å². The predicted octanol–water partition coefficient (Wildman–Crippen LogP) is 1.90. The third kappa shape index (κ3) is 4.32. The lowest BCUT2D eigenvalue weighted by molar-refractivity contribution is 0.0600. The molecule has 0 amide bonds. The van der Waals surface area contributed by atoms with Crippen molar-refractivity contribution < 1.29 is 9.53 Å². The van der Waals surface area contributed by atoms with Gasteiger partial charge in [0, 0.05) is 13.1 Å². The van der Waals surface area contributed by atoms with Crippen LogP contribution < -0.4 is 5.32 Å². The van der Waals surface area contributed by atoms with E-state index in [1.807, 2.05) is 24.3 Å². The standard InChI is InChI=1S/C16H24N2O2/c1-18(12-14-7-9-17-10-8-14)11-13-3-5-15(6-4-13)16(19)20-2/h3-6,14,17H,7-12H2,1-2H3. The van der Waals surface area contributed by atoms with Gasteiger partial charge in [-0.15, -0.1) is 0 Å². The molecule has 1 aromatic carbocycles. The van der Waals surface area contributed by atoms with E-state index in [1.165, 1.54) is 25.5 Å². The van der Waals surface area contributed by atoms with Crippen molar-refractivity contribution in [2.24, 2.45) is 5.92 Å². The Balaban J connectivity index is 1.84. The number of hydrogen-bond acceptors (Lipinski definition) is 4. The van der Waals surface area contributed by atoms with Crippen LogP contribution in [0.4, 0.5) is 0 Å². The highest BCUT2D eigenvalue weighted by Gasteiger charge is 2.15. The Kier molecular flexibility index (Phi) is 5.56. The molecule has 0 unspecified atom stereocenters. The third-order valence-corrected chi connectivity index (χ3v) is 3.86. The van der Waals surface area contributed by atoms with Crippen LogP contribution in [0.15, 0.2) is 24.3 Å². The van der Waals surface area contributed by atoms with Gasteiger partial charge < -0.3 is 15.0 Å². The predicted molar refractivity (Wildman–Crippen MR) is 79.7 cm³/mol. The minimum atomic E-state index is -0.278. The molecule has 110 valence electrons. The van der Waals surface area contributed by atoms with E-state index in [0.717, 1.165) is 32.1 Å². The molecule has 1 aliphatic heterocycles. The molecule has 1 heterocycles. The zero-order valence-electron chi connectivity index (χ0n) is 12.4. The topological polar surface area (TPSA) is 41.6 Å². The van der Waals surface area contributed by atoms with Gasteiger partial charge in [-0.05, 0) is 56.6 Å². The molecule has 0 radical (unpaired) electrons. The number of nitrogens with zero attached hydrogens (tertiary/aromatic N) is 1. The summed E-state index contributed by atoms with van der Waals surface area (Å²) >= 11 is 0. The molecule has 0 bridgehead atoms. The lowest BCUT2D eigenvalue weighted by atomic mass is 9.97. The second-order valence-electron chi connectivity index (χ2n) is 5.58. The number of ether oxygens (including phenoxy) is 1. The number of rotatable bonds is 5. The van der Waals surface area contributed by atoms with E-state index < -0.39 is 0 Å². The molecule has 2 rings (SSSR count). The molecule has 1 aliphatic rings. The summed E-state index contributed by atoms with van der Waals surface area (Å²) in [4.78, 5) is 13.7. The molecule has 4 nitrogen and oxygen atoms in total. The molecule has 1 N–H and O–H groups in total. The number of carbonyl (C=O) groups is 1. The van der Waals surface area contributed by atoms with Crippen LogP contribution in [0.1, 0.15) is 28.8 Å². The van der Waals surface area contributed by atoms with E-state index in [0.29, 0.717) is 5.56 Å². The van der Waals surface area contributed by atoms with Gasteiger partial charge in [-0.25, -0.2) is 4.79 Å². The lowest BCUT2D eigenvalue weighted by Gasteiger charge is -2.27. The van der Waals surface area contributed by atoms with E-state index in [-0.39, 0.29) is 5.97 Å². The van der Waals surface area contributed by atoms with Gasteiger partial charge in [0.2, 0.25) is 0 Å². The molecule has 1 saturated heterocycles. The summed E-state index contributed by atoms with van der Waals surface area (Å²) in [6.45, 7) is 4.35. The first kappa shape index (κ1) is 15.0. The van der Waals surface area contributed by atoms with Crippen molar-refractivity contribution in [2.45, 2.75) is 19.4 Å². The van der Waals surface area contributed by atoms with Crippen molar-refractivity contribution in [3.05, 3.63) is 35.4 Å². The van der Waals surface area contributed by atoms with Crippen LogP contribution in [0.25, 0.3) is 0 Å². The highest BCUT2D eigenvalue weighted by atomic mass is 16.5. The van der Waals surface area contributed by atoms with E-state index in [9.17, 15) is 4.79 Å². The van der Waals surface area contributed by atoms with Crippen LogP contribution >= 0.6 is 0 Å². The Hall–Kier alpha value is -1.39. The van der Waals surface area contributed by atoms with Crippen molar-refractivity contribution in [1.82, 2.24) is 10.2 Å². The quantitative estimate of drug-likeness (QED) is 0.834. The van der Waals surface area contributed by atoms with Crippen LogP contribution in [0.5, 0.6) is 0 Å². The van der Waals surface area contributed by atoms with Crippen molar-refractivity contribution in [3.8, 4) is 0 Å². The summed E-state index contributed by atoms with van der Waals surface area (Å²) in [6, 6.07) is 7.68. The fraction of sp³-hybridized carbons (Fsp3) is 0.562. The molecule has 20 heavy (non-hydrogen) atoms. The largest absolute Gasteiger partial charge is 0.465 e. The molecule has 0 aromatic heterocycles. The minimum absolute atomic E-state index is 0.278. The maximum Gasteiger partial charge on any atom is 0.337 e. The smallest absolute Gasteiger partial charge is 0.337 e. The Morgan fingerprint density at radius 2 is 1.95 bits per heavy atom. The van der Waals surface area contributed by atoms with Gasteiger partial charge in [-0.2, -0.15) is 0 Å². The number of piperidine rings is 1. The van der Waals surface area contributed by atoms with Crippen LogP contribution in [0, 0.1) is 5.92 Å². The summed E-state index contributed by atoms with van der Waals surface area (Å²) in [6.07, 6.45) is 2.54. The summed E-state index contributed by atoms with van der Waals surface area (Å²) in [5, 5.41) is 3.40. The molecule has 1 fully saturated rings. The molecule has 0 atom stereocenters. The second kappa shape index (κ2) is 7.41. The molecular formula is C16H24N2O2. The summed E-state index contributed by atoms with van der Waals surface area (Å²) < 4.78 is 4.70. The number of nitrogens with one attached hydrogen (secondary N) is 1. The molecular weight excluding hydrogens is 252 g/mol. The normalized spacial score (nSPS) is 16.4. The molecule has 4 heteroatoms. The zero-order valence-corrected chi connectivity index (χ0v) is 12.4. The summed E-state index contributed by atoms with van der Waals surface area (Å²) in [5.74, 6) is 0.523. The Labute approximate surface area is 121 Å². The minimum Gasteiger partial charge on any atom is -0.465 e. The van der Waals surface area contributed by atoms with Crippen LogP contribution in [-0.4, -0.2) is 44.7 Å². The van der Waals surface area contributed by atoms with Crippen LogP contribution in [0.3, 0.4) is 0 Å². The van der Waals surface area contributed by atoms with Gasteiger partial charge in [0.05, 0.1) is 12.7 Å². The maximum absolute atomic E-state index is 11.4. The number of methoxy groups -OCH3 is 1. The first-order valence-electron chi connectivity index (χ1n) is 7.25. The van der Waals surface area contributed by atoms with Crippen LogP contribution in [-0.2, 0) is 11.3 Å². The Morgan fingerprint density at radius 1 is 1.30 bits per heavy atom. The van der Waals surface area contributed by atoms with E-state index >= 15 is 0 Å². The highest BCUT2D eigenvalue weighted by Crippen LogP contribution is 2.14. The van der Waals surface area contributed by atoms with E-state index in [4.69, 9.17) is 4.74 Å². The number of hydrogen-bond donors (Lipinski definition) is 1. The fourth-order valence-corrected chi connectivity index (χ4v) is 2.75. The van der Waals surface area contributed by atoms with E-state index in [1.54, 1.807) is 0 Å². The van der Waals surface area contributed by atoms with Gasteiger partial charge in [-0.1, -0.05) is 12.1 Å². The van der Waals surface area contributed by atoms with Crippen molar-refractivity contribution in [3.63, 3.8) is 0 Å². The molecule has 0 spiro atoms. The van der Waals surface area contributed by atoms with Crippen LogP contribution in [0.2, 0.25) is 0 Å². The van der Waals surface area contributed by atoms with Crippen molar-refractivity contribution in [2.75, 3.05) is 33.8 Å². The summed E-state index contributed by atoms with van der Waals surface area (Å²) in [7, 11) is 3.57. The third-order valence-electron chi connectivity index (χ3n) is 3.86. The van der Waals surface area contributed by atoms with Crippen molar-refractivity contribution >= 4 is 5.97 Å². The van der Waals surface area contributed by atoms with Gasteiger partial charge >= 0.3 is 5.97 Å². The fourth-order valence-electron chi connectivity index (χ4n) is 2.75. The van der Waals surface area contributed by atoms with Gasteiger partial charge in [0.25, 0.3) is 0 Å². The Morgan fingerprint density at radius 3 is 2.55 bits per heavy atom. The molecule has 0 saturated carbocycles. The average Bonchev–Trinajstić information content (AvgIpc) is 2.48. The average molecular weight is 276 g/mol. The lowest BCUT2D eigenvalue weighted by Crippen LogP contribution is -2.34. The van der Waals surface area contributed by atoms with Gasteiger partial charge in [0.1, 0.15) is 0 Å². The number of carbonyl (C=O) groups excluding carboxylic acids is 1. The first-order chi connectivity index (χ1) is 9.69. The highest BCUT2D eigenvalue weighted by molar-refractivity contribution is 5.89. The molecule has 0 aliphatic carbocycles. The number of esters is 1. The van der Waals surface area contributed by atoms with Crippen molar-refractivity contribution in [1.29, 1.82) is 0 Å². The Bertz CT molecular complexity index is 425. The SMILES string of the molecule is COC(=O)c1ccc(CN(C)CC2CCNCC2)cc1. The summed E-state index contributed by atoms with van der Waals surface area (Å²) in [5.41, 5.74) is 1.84. The zero-order chi connectivity index (χ0) is 14.4. The maximum atomic E-state index is 11.4. The first-order valence-corrected chi connectivity index (χ1v) is 7.25. The van der Waals surface area contributed by atoms with Gasteiger partial charge in [0.15, 0.2) is 0 Å². The number of benzene rings is 1. The van der Waals surface area contributed by atoms with E-state index in [2.05, 4.69) is 17.3 Å². The molecule has 1 aromatic rings. The monoisotopic (exact) mass is 276 g/mol. The second-order valence-corrected chi connectivity index (χ2v) is 5.58.